The van der Waals surface area contributed by atoms with E-state index in [0.717, 1.165) is 25.0 Å². The van der Waals surface area contributed by atoms with Crippen molar-refractivity contribution in [3.63, 3.8) is 0 Å². The van der Waals surface area contributed by atoms with Crippen LogP contribution >= 0.6 is 0 Å². The van der Waals surface area contributed by atoms with Crippen molar-refractivity contribution < 1.29 is 13.6 Å². The van der Waals surface area contributed by atoms with Crippen LogP contribution in [-0.4, -0.2) is 23.4 Å². The van der Waals surface area contributed by atoms with Gasteiger partial charge in [-0.2, -0.15) is 0 Å². The molecule has 1 fully saturated rings. The Bertz CT molecular complexity index is 462. The van der Waals surface area contributed by atoms with Gasteiger partial charge >= 0.3 is 0 Å². The summed E-state index contributed by atoms with van der Waals surface area (Å²) in [5, 5.41) is 0. The number of hydrogen-bond acceptors (Lipinski definition) is 2. The lowest BCUT2D eigenvalue weighted by atomic mass is 10.1. The summed E-state index contributed by atoms with van der Waals surface area (Å²) in [6.07, 6.45) is 1.85. The molecule has 1 heterocycles. The molecule has 0 aliphatic carbocycles. The normalized spacial score (nSPS) is 19.7. The van der Waals surface area contributed by atoms with E-state index in [0.29, 0.717) is 6.54 Å². The zero-order chi connectivity index (χ0) is 12.6. The SMILES string of the molecule is CC1CCCN1C(=O)c1cc(F)c(F)cc1N. The van der Waals surface area contributed by atoms with Crippen LogP contribution in [0.5, 0.6) is 0 Å². The molecule has 1 saturated heterocycles. The van der Waals surface area contributed by atoms with Gasteiger partial charge in [0.05, 0.1) is 5.56 Å². The molecule has 17 heavy (non-hydrogen) atoms. The first-order valence-electron chi connectivity index (χ1n) is 5.56. The molecule has 5 heteroatoms. The summed E-state index contributed by atoms with van der Waals surface area (Å²) in [6, 6.07) is 1.84. The lowest BCUT2D eigenvalue weighted by Crippen LogP contribution is -2.34. The summed E-state index contributed by atoms with van der Waals surface area (Å²) in [5.74, 6) is -2.41. The minimum absolute atomic E-state index is 0.0204. The van der Waals surface area contributed by atoms with Crippen LogP contribution in [0.3, 0.4) is 0 Å². The van der Waals surface area contributed by atoms with E-state index in [4.69, 9.17) is 5.73 Å². The van der Waals surface area contributed by atoms with E-state index in [-0.39, 0.29) is 23.2 Å². The van der Waals surface area contributed by atoms with Crippen molar-refractivity contribution >= 4 is 11.6 Å². The Hall–Kier alpha value is -1.65. The smallest absolute Gasteiger partial charge is 0.256 e. The summed E-state index contributed by atoms with van der Waals surface area (Å²) < 4.78 is 26.0. The number of nitrogens with zero attached hydrogens (tertiary/aromatic N) is 1. The molecule has 0 radical (unpaired) electrons. The quantitative estimate of drug-likeness (QED) is 0.765. The van der Waals surface area contributed by atoms with Gasteiger partial charge in [-0.1, -0.05) is 0 Å². The fourth-order valence-electron chi connectivity index (χ4n) is 2.14. The zero-order valence-corrected chi connectivity index (χ0v) is 9.54. The lowest BCUT2D eigenvalue weighted by molar-refractivity contribution is 0.0748. The highest BCUT2D eigenvalue weighted by Crippen LogP contribution is 2.23. The summed E-state index contributed by atoms with van der Waals surface area (Å²) in [7, 11) is 0. The molecule has 1 amide bonds. The van der Waals surface area contributed by atoms with E-state index in [2.05, 4.69) is 0 Å². The molecule has 0 aromatic heterocycles. The van der Waals surface area contributed by atoms with Crippen LogP contribution < -0.4 is 5.73 Å². The van der Waals surface area contributed by atoms with Gasteiger partial charge in [-0.15, -0.1) is 0 Å². The standard InChI is InChI=1S/C12H14F2N2O/c1-7-3-2-4-16(7)12(17)8-5-9(13)10(14)6-11(8)15/h5-7H,2-4,15H2,1H3. The fraction of sp³-hybridized carbons (Fsp3) is 0.417. The summed E-state index contributed by atoms with van der Waals surface area (Å²) in [4.78, 5) is 13.7. The van der Waals surface area contributed by atoms with Gasteiger partial charge in [-0.05, 0) is 25.8 Å². The van der Waals surface area contributed by atoms with Crippen molar-refractivity contribution in [2.24, 2.45) is 0 Å². The predicted octanol–water partition coefficient (Wildman–Crippen LogP) is 2.17. The Kier molecular flexibility index (Phi) is 3.00. The van der Waals surface area contributed by atoms with Crippen LogP contribution in [-0.2, 0) is 0 Å². The number of amides is 1. The number of carbonyl (C=O) groups is 1. The van der Waals surface area contributed by atoms with Crippen LogP contribution in [0.4, 0.5) is 14.5 Å². The molecule has 1 aliphatic rings. The number of anilines is 1. The Morgan fingerprint density at radius 3 is 2.65 bits per heavy atom. The second-order valence-corrected chi connectivity index (χ2v) is 4.34. The Morgan fingerprint density at radius 2 is 2.06 bits per heavy atom. The first kappa shape index (κ1) is 11.8. The van der Waals surface area contributed by atoms with Gasteiger partial charge < -0.3 is 10.6 Å². The maximum Gasteiger partial charge on any atom is 0.256 e. The van der Waals surface area contributed by atoms with Crippen molar-refractivity contribution in [3.8, 4) is 0 Å². The molecule has 1 unspecified atom stereocenters. The highest BCUT2D eigenvalue weighted by molar-refractivity contribution is 5.99. The molecule has 92 valence electrons. The number of carbonyl (C=O) groups excluding carboxylic acids is 1. The van der Waals surface area contributed by atoms with E-state index in [1.54, 1.807) is 4.90 Å². The van der Waals surface area contributed by atoms with Crippen LogP contribution in [0.1, 0.15) is 30.1 Å². The highest BCUT2D eigenvalue weighted by atomic mass is 19.2. The molecule has 1 aromatic rings. The third kappa shape index (κ3) is 2.09. The van der Waals surface area contributed by atoms with Gasteiger partial charge in [-0.3, -0.25) is 4.79 Å². The Morgan fingerprint density at radius 1 is 1.41 bits per heavy atom. The maximum absolute atomic E-state index is 13.1. The van der Waals surface area contributed by atoms with Crippen LogP contribution in [0.15, 0.2) is 12.1 Å². The van der Waals surface area contributed by atoms with Crippen LogP contribution in [0.25, 0.3) is 0 Å². The number of nitrogens with two attached hydrogens (primary N) is 1. The van der Waals surface area contributed by atoms with Crippen molar-refractivity contribution in [2.45, 2.75) is 25.8 Å². The zero-order valence-electron chi connectivity index (χ0n) is 9.54. The van der Waals surface area contributed by atoms with Gasteiger partial charge in [-0.25, -0.2) is 8.78 Å². The van der Waals surface area contributed by atoms with Gasteiger partial charge in [0.25, 0.3) is 5.91 Å². The molecule has 2 N–H and O–H groups in total. The number of benzene rings is 1. The molecule has 1 aliphatic heterocycles. The average Bonchev–Trinajstić information content (AvgIpc) is 2.69. The molecule has 0 spiro atoms. The van der Waals surface area contributed by atoms with E-state index in [9.17, 15) is 13.6 Å². The maximum atomic E-state index is 13.1. The van der Waals surface area contributed by atoms with Crippen molar-refractivity contribution in [3.05, 3.63) is 29.3 Å². The first-order valence-corrected chi connectivity index (χ1v) is 5.56. The molecular weight excluding hydrogens is 226 g/mol. The number of rotatable bonds is 1. The van der Waals surface area contributed by atoms with E-state index < -0.39 is 11.6 Å². The van der Waals surface area contributed by atoms with E-state index >= 15 is 0 Å². The minimum atomic E-state index is -1.05. The second-order valence-electron chi connectivity index (χ2n) is 4.34. The van der Waals surface area contributed by atoms with Gasteiger partial charge in [0.1, 0.15) is 0 Å². The Balaban J connectivity index is 2.34. The summed E-state index contributed by atoms with van der Waals surface area (Å²) in [6.45, 7) is 2.57. The average molecular weight is 240 g/mol. The van der Waals surface area contributed by atoms with Gasteiger partial charge in [0.15, 0.2) is 11.6 Å². The number of halogens is 2. The first-order chi connectivity index (χ1) is 8.00. The highest BCUT2D eigenvalue weighted by Gasteiger charge is 2.27. The molecule has 3 nitrogen and oxygen atoms in total. The van der Waals surface area contributed by atoms with E-state index in [1.165, 1.54) is 0 Å². The van der Waals surface area contributed by atoms with Crippen LogP contribution in [0.2, 0.25) is 0 Å². The van der Waals surface area contributed by atoms with Gasteiger partial charge in [0, 0.05) is 24.3 Å². The second kappa shape index (κ2) is 4.31. The lowest BCUT2D eigenvalue weighted by Gasteiger charge is -2.22. The number of likely N-dealkylation sites (tertiary alicyclic amines) is 1. The Labute approximate surface area is 98.2 Å². The monoisotopic (exact) mass is 240 g/mol. The fourth-order valence-corrected chi connectivity index (χ4v) is 2.14. The predicted molar refractivity (Wildman–Crippen MR) is 60.5 cm³/mol. The van der Waals surface area contributed by atoms with E-state index in [1.807, 2.05) is 6.92 Å². The molecule has 0 bridgehead atoms. The third-order valence-electron chi connectivity index (χ3n) is 3.14. The van der Waals surface area contributed by atoms with Crippen molar-refractivity contribution in [1.29, 1.82) is 0 Å². The molecule has 2 rings (SSSR count). The molecule has 0 saturated carbocycles. The summed E-state index contributed by atoms with van der Waals surface area (Å²) in [5.41, 5.74) is 5.57. The van der Waals surface area contributed by atoms with Crippen LogP contribution in [0, 0.1) is 11.6 Å². The van der Waals surface area contributed by atoms with Gasteiger partial charge in [0.2, 0.25) is 0 Å². The molecular formula is C12H14F2N2O. The summed E-state index contributed by atoms with van der Waals surface area (Å²) >= 11 is 0. The molecule has 1 aromatic carbocycles. The van der Waals surface area contributed by atoms with Crippen molar-refractivity contribution in [2.75, 3.05) is 12.3 Å². The third-order valence-corrected chi connectivity index (χ3v) is 3.14. The topological polar surface area (TPSA) is 46.3 Å². The number of nitrogen functional groups attached to an aromatic ring is 1. The molecule has 1 atom stereocenters. The minimum Gasteiger partial charge on any atom is -0.398 e. The number of hydrogen-bond donors (Lipinski definition) is 1. The van der Waals surface area contributed by atoms with Crippen molar-refractivity contribution in [1.82, 2.24) is 4.90 Å². The largest absolute Gasteiger partial charge is 0.398 e.